The van der Waals surface area contributed by atoms with E-state index in [9.17, 15) is 4.39 Å². The van der Waals surface area contributed by atoms with Crippen LogP contribution in [0.3, 0.4) is 0 Å². The predicted molar refractivity (Wildman–Crippen MR) is 77.8 cm³/mol. The van der Waals surface area contributed by atoms with E-state index in [1.807, 2.05) is 12.1 Å². The van der Waals surface area contributed by atoms with Gasteiger partial charge in [0.1, 0.15) is 5.75 Å². The lowest BCUT2D eigenvalue weighted by Gasteiger charge is -2.18. The molecule has 0 radical (unpaired) electrons. The Balaban J connectivity index is 1.96. The van der Waals surface area contributed by atoms with Crippen LogP contribution in [0.4, 0.5) is 4.39 Å². The number of hydrogen-bond donors (Lipinski definition) is 2. The molecule has 21 heavy (non-hydrogen) atoms. The molecule has 3 N–H and O–H groups in total. The second-order valence-electron chi connectivity index (χ2n) is 4.96. The standard InChI is InChI=1S/C16H17FN2O2/c1-20-15-5-3-12(9-13(15)17)16(19-18)11-2-4-14-10(8-11)6-7-21-14/h2-5,8-9,16,19H,6-7,18H2,1H3. The van der Waals surface area contributed by atoms with Crippen molar-refractivity contribution in [3.63, 3.8) is 0 Å². The molecular weight excluding hydrogens is 271 g/mol. The minimum absolute atomic E-state index is 0.219. The summed E-state index contributed by atoms with van der Waals surface area (Å²) in [5.74, 6) is 6.40. The Hall–Kier alpha value is -2.11. The lowest BCUT2D eigenvalue weighted by atomic mass is 9.97. The number of ether oxygens (including phenoxy) is 2. The minimum atomic E-state index is -0.403. The molecule has 5 heteroatoms. The average Bonchev–Trinajstić information content (AvgIpc) is 2.96. The van der Waals surface area contributed by atoms with Gasteiger partial charge in [-0.05, 0) is 34.9 Å². The maximum absolute atomic E-state index is 13.9. The van der Waals surface area contributed by atoms with E-state index in [-0.39, 0.29) is 11.8 Å². The molecular formula is C16H17FN2O2. The minimum Gasteiger partial charge on any atom is -0.494 e. The molecule has 1 atom stereocenters. The number of methoxy groups -OCH3 is 1. The van der Waals surface area contributed by atoms with E-state index in [0.29, 0.717) is 6.61 Å². The largest absolute Gasteiger partial charge is 0.494 e. The summed E-state index contributed by atoms with van der Waals surface area (Å²) >= 11 is 0. The quantitative estimate of drug-likeness (QED) is 0.669. The molecule has 0 fully saturated rings. The summed E-state index contributed by atoms with van der Waals surface area (Å²) in [5, 5.41) is 0. The van der Waals surface area contributed by atoms with E-state index in [2.05, 4.69) is 11.5 Å². The van der Waals surface area contributed by atoms with Gasteiger partial charge in [0.15, 0.2) is 11.6 Å². The first-order valence-electron chi connectivity index (χ1n) is 6.78. The summed E-state index contributed by atoms with van der Waals surface area (Å²) in [6.07, 6.45) is 0.886. The van der Waals surface area contributed by atoms with Crippen LogP contribution in [0.5, 0.6) is 11.5 Å². The number of nitrogens with two attached hydrogens (primary N) is 1. The Labute approximate surface area is 122 Å². The molecule has 1 heterocycles. The fraction of sp³-hybridized carbons (Fsp3) is 0.250. The zero-order chi connectivity index (χ0) is 14.8. The van der Waals surface area contributed by atoms with Gasteiger partial charge >= 0.3 is 0 Å². The molecule has 0 aliphatic carbocycles. The van der Waals surface area contributed by atoms with Crippen molar-refractivity contribution in [1.29, 1.82) is 0 Å². The van der Waals surface area contributed by atoms with Crippen LogP contribution >= 0.6 is 0 Å². The van der Waals surface area contributed by atoms with Gasteiger partial charge in [0.2, 0.25) is 0 Å². The third-order valence-electron chi connectivity index (χ3n) is 3.72. The molecule has 110 valence electrons. The summed E-state index contributed by atoms with van der Waals surface area (Å²) in [5.41, 5.74) is 5.62. The van der Waals surface area contributed by atoms with Crippen LogP contribution in [-0.2, 0) is 6.42 Å². The lowest BCUT2D eigenvalue weighted by Crippen LogP contribution is -2.29. The Bertz CT molecular complexity index is 661. The maximum Gasteiger partial charge on any atom is 0.165 e. The molecule has 0 aromatic heterocycles. The first-order chi connectivity index (χ1) is 10.2. The van der Waals surface area contributed by atoms with E-state index in [0.717, 1.165) is 28.9 Å². The fourth-order valence-electron chi connectivity index (χ4n) is 2.63. The second kappa shape index (κ2) is 5.71. The van der Waals surface area contributed by atoms with Gasteiger partial charge in [0.25, 0.3) is 0 Å². The number of nitrogens with one attached hydrogen (secondary N) is 1. The van der Waals surface area contributed by atoms with Crippen LogP contribution in [-0.4, -0.2) is 13.7 Å². The van der Waals surface area contributed by atoms with Crippen molar-refractivity contribution in [1.82, 2.24) is 5.43 Å². The van der Waals surface area contributed by atoms with Crippen LogP contribution in [0.2, 0.25) is 0 Å². The third kappa shape index (κ3) is 2.57. The molecule has 0 spiro atoms. The molecule has 0 bridgehead atoms. The van der Waals surface area contributed by atoms with Gasteiger partial charge < -0.3 is 9.47 Å². The molecule has 3 rings (SSSR count). The van der Waals surface area contributed by atoms with E-state index < -0.39 is 5.82 Å². The van der Waals surface area contributed by atoms with Gasteiger partial charge in [-0.1, -0.05) is 18.2 Å². The highest BCUT2D eigenvalue weighted by atomic mass is 19.1. The zero-order valence-corrected chi connectivity index (χ0v) is 11.7. The fourth-order valence-corrected chi connectivity index (χ4v) is 2.63. The van der Waals surface area contributed by atoms with Gasteiger partial charge in [-0.2, -0.15) is 0 Å². The summed E-state index contributed by atoms with van der Waals surface area (Å²) in [6.45, 7) is 0.705. The highest BCUT2D eigenvalue weighted by Gasteiger charge is 2.18. The monoisotopic (exact) mass is 288 g/mol. The molecule has 1 aliphatic heterocycles. The number of halogens is 1. The molecule has 0 amide bonds. The van der Waals surface area contributed by atoms with Gasteiger partial charge in [-0.3, -0.25) is 5.84 Å². The highest BCUT2D eigenvalue weighted by molar-refractivity contribution is 5.44. The van der Waals surface area contributed by atoms with Crippen molar-refractivity contribution < 1.29 is 13.9 Å². The van der Waals surface area contributed by atoms with Crippen molar-refractivity contribution in [3.8, 4) is 11.5 Å². The van der Waals surface area contributed by atoms with Crippen LogP contribution < -0.4 is 20.7 Å². The van der Waals surface area contributed by atoms with Crippen LogP contribution in [0.25, 0.3) is 0 Å². The Morgan fingerprint density at radius 2 is 2.00 bits per heavy atom. The van der Waals surface area contributed by atoms with Crippen molar-refractivity contribution in [2.75, 3.05) is 13.7 Å². The molecule has 1 unspecified atom stereocenters. The van der Waals surface area contributed by atoms with Gasteiger partial charge in [-0.15, -0.1) is 0 Å². The Kier molecular flexibility index (Phi) is 3.77. The zero-order valence-electron chi connectivity index (χ0n) is 11.7. The Morgan fingerprint density at radius 1 is 1.24 bits per heavy atom. The van der Waals surface area contributed by atoms with E-state index in [1.54, 1.807) is 12.1 Å². The topological polar surface area (TPSA) is 56.5 Å². The predicted octanol–water partition coefficient (Wildman–Crippen LogP) is 2.32. The van der Waals surface area contributed by atoms with Gasteiger partial charge in [0, 0.05) is 6.42 Å². The van der Waals surface area contributed by atoms with Crippen molar-refractivity contribution in [3.05, 3.63) is 58.9 Å². The van der Waals surface area contributed by atoms with Gasteiger partial charge in [-0.25, -0.2) is 9.82 Å². The number of rotatable bonds is 4. The number of hydrazine groups is 1. The van der Waals surface area contributed by atoms with Crippen molar-refractivity contribution in [2.45, 2.75) is 12.5 Å². The van der Waals surface area contributed by atoms with Crippen LogP contribution in [0.1, 0.15) is 22.7 Å². The summed E-state index contributed by atoms with van der Waals surface area (Å²) < 4.78 is 24.3. The van der Waals surface area contributed by atoms with E-state index >= 15 is 0 Å². The first-order valence-corrected chi connectivity index (χ1v) is 6.78. The molecule has 0 saturated heterocycles. The van der Waals surface area contributed by atoms with Crippen LogP contribution in [0, 0.1) is 5.82 Å². The summed E-state index contributed by atoms with van der Waals surface area (Å²) in [4.78, 5) is 0. The summed E-state index contributed by atoms with van der Waals surface area (Å²) in [7, 11) is 1.44. The normalized spacial score (nSPS) is 14.4. The first kappa shape index (κ1) is 13.9. The third-order valence-corrected chi connectivity index (χ3v) is 3.72. The Morgan fingerprint density at radius 3 is 2.71 bits per heavy atom. The van der Waals surface area contributed by atoms with Gasteiger partial charge in [0.05, 0.1) is 19.8 Å². The maximum atomic E-state index is 13.9. The van der Waals surface area contributed by atoms with Crippen LogP contribution in [0.15, 0.2) is 36.4 Å². The lowest BCUT2D eigenvalue weighted by molar-refractivity contribution is 0.357. The molecule has 4 nitrogen and oxygen atoms in total. The molecule has 1 aliphatic rings. The molecule has 2 aromatic carbocycles. The number of benzene rings is 2. The van der Waals surface area contributed by atoms with Crippen molar-refractivity contribution >= 4 is 0 Å². The molecule has 2 aromatic rings. The average molecular weight is 288 g/mol. The molecule has 0 saturated carbocycles. The highest BCUT2D eigenvalue weighted by Crippen LogP contribution is 2.31. The van der Waals surface area contributed by atoms with E-state index in [4.69, 9.17) is 15.3 Å². The smallest absolute Gasteiger partial charge is 0.165 e. The van der Waals surface area contributed by atoms with Crippen molar-refractivity contribution in [2.24, 2.45) is 5.84 Å². The summed E-state index contributed by atoms with van der Waals surface area (Å²) in [6, 6.07) is 10.5. The second-order valence-corrected chi connectivity index (χ2v) is 4.96. The van der Waals surface area contributed by atoms with E-state index in [1.165, 1.54) is 13.2 Å². The number of hydrogen-bond acceptors (Lipinski definition) is 4. The SMILES string of the molecule is COc1ccc(C(NN)c2ccc3c(c2)CCO3)cc1F. The number of fused-ring (bicyclic) bond motifs is 1.